The first-order valence-electron chi connectivity index (χ1n) is 6.49. The van der Waals surface area contributed by atoms with Crippen LogP contribution in [0.5, 0.6) is 0 Å². The van der Waals surface area contributed by atoms with Crippen molar-refractivity contribution >= 4 is 0 Å². The van der Waals surface area contributed by atoms with Gasteiger partial charge in [0.15, 0.2) is 16.9 Å². The number of nitrogens with zero attached hydrogens (tertiary/aromatic N) is 1. The van der Waals surface area contributed by atoms with Gasteiger partial charge in [0.25, 0.3) is 0 Å². The lowest BCUT2D eigenvalue weighted by atomic mass is 10.00. The number of hydrogen-bond donors (Lipinski definition) is 0. The van der Waals surface area contributed by atoms with Crippen molar-refractivity contribution in [3.05, 3.63) is 53.9 Å². The standard InChI is InChI=1S/C17H22N/c1-13-11-12-16(15-9-7-6-8-10-15)14(2)18(13)17(3,4)5/h6-12H,1-5H3/q+1. The number of aryl methyl sites for hydroxylation is 1. The third kappa shape index (κ3) is 2.31. The molecule has 0 N–H and O–H groups in total. The Morgan fingerprint density at radius 3 is 2.00 bits per heavy atom. The van der Waals surface area contributed by atoms with Gasteiger partial charge in [0.1, 0.15) is 0 Å². The Kier molecular flexibility index (Phi) is 3.25. The van der Waals surface area contributed by atoms with Crippen LogP contribution >= 0.6 is 0 Å². The van der Waals surface area contributed by atoms with E-state index in [1.54, 1.807) is 0 Å². The summed E-state index contributed by atoms with van der Waals surface area (Å²) in [6.07, 6.45) is 0. The maximum atomic E-state index is 2.41. The van der Waals surface area contributed by atoms with E-state index in [1.165, 1.54) is 22.5 Å². The van der Waals surface area contributed by atoms with E-state index in [-0.39, 0.29) is 5.54 Å². The van der Waals surface area contributed by atoms with Gasteiger partial charge in [-0.25, -0.2) is 0 Å². The fraction of sp³-hybridized carbons (Fsp3) is 0.353. The van der Waals surface area contributed by atoms with E-state index in [4.69, 9.17) is 0 Å². The molecule has 0 saturated carbocycles. The van der Waals surface area contributed by atoms with Gasteiger partial charge in [-0.15, -0.1) is 0 Å². The lowest BCUT2D eigenvalue weighted by Gasteiger charge is -2.19. The van der Waals surface area contributed by atoms with Gasteiger partial charge < -0.3 is 0 Å². The molecular formula is C17H22N+. The minimum absolute atomic E-state index is 0.110. The summed E-state index contributed by atoms with van der Waals surface area (Å²) in [6.45, 7) is 11.1. The van der Waals surface area contributed by atoms with Crippen LogP contribution in [0.2, 0.25) is 0 Å². The molecule has 1 nitrogen and oxygen atoms in total. The molecule has 2 rings (SSSR count). The van der Waals surface area contributed by atoms with E-state index in [1.807, 2.05) is 0 Å². The number of benzene rings is 1. The minimum Gasteiger partial charge on any atom is -0.195 e. The fourth-order valence-electron chi connectivity index (χ4n) is 2.74. The van der Waals surface area contributed by atoms with Crippen LogP contribution < -0.4 is 4.57 Å². The number of hydrogen-bond acceptors (Lipinski definition) is 0. The molecule has 0 radical (unpaired) electrons. The molecule has 18 heavy (non-hydrogen) atoms. The highest BCUT2D eigenvalue weighted by atomic mass is 15.0. The van der Waals surface area contributed by atoms with Crippen molar-refractivity contribution in [2.45, 2.75) is 40.2 Å². The summed E-state index contributed by atoms with van der Waals surface area (Å²) in [7, 11) is 0. The zero-order chi connectivity index (χ0) is 13.3. The average Bonchev–Trinajstić information content (AvgIpc) is 2.28. The molecule has 0 unspecified atom stereocenters. The molecule has 0 saturated heterocycles. The Labute approximate surface area is 110 Å². The maximum Gasteiger partial charge on any atom is 0.186 e. The molecule has 94 valence electrons. The van der Waals surface area contributed by atoms with Crippen molar-refractivity contribution in [3.63, 3.8) is 0 Å². The van der Waals surface area contributed by atoms with Crippen molar-refractivity contribution < 1.29 is 4.57 Å². The van der Waals surface area contributed by atoms with E-state index in [9.17, 15) is 0 Å². The van der Waals surface area contributed by atoms with Crippen LogP contribution in [0.15, 0.2) is 42.5 Å². The van der Waals surface area contributed by atoms with E-state index >= 15 is 0 Å². The molecule has 0 fully saturated rings. The van der Waals surface area contributed by atoms with Crippen molar-refractivity contribution in [2.24, 2.45) is 0 Å². The molecule has 0 aliphatic carbocycles. The summed E-state index contributed by atoms with van der Waals surface area (Å²) in [5, 5.41) is 0. The van der Waals surface area contributed by atoms with Crippen LogP contribution in [0.25, 0.3) is 11.1 Å². The third-order valence-corrected chi connectivity index (χ3v) is 3.32. The van der Waals surface area contributed by atoms with E-state index < -0.39 is 0 Å². The lowest BCUT2D eigenvalue weighted by molar-refractivity contribution is -0.763. The number of pyridine rings is 1. The molecule has 0 bridgehead atoms. The summed E-state index contributed by atoms with van der Waals surface area (Å²) >= 11 is 0. The molecule has 1 aromatic carbocycles. The van der Waals surface area contributed by atoms with Gasteiger partial charge in [-0.1, -0.05) is 30.3 Å². The average molecular weight is 240 g/mol. The van der Waals surface area contributed by atoms with E-state index in [0.717, 1.165) is 0 Å². The lowest BCUT2D eigenvalue weighted by Crippen LogP contribution is -2.54. The second kappa shape index (κ2) is 4.56. The Hall–Kier alpha value is -1.63. The molecule has 0 aliphatic heterocycles. The van der Waals surface area contributed by atoms with Crippen LogP contribution in [0.4, 0.5) is 0 Å². The molecule has 0 spiro atoms. The second-order valence-electron chi connectivity index (χ2n) is 5.85. The molecule has 1 heterocycles. The van der Waals surface area contributed by atoms with Gasteiger partial charge in [0, 0.05) is 46.2 Å². The summed E-state index contributed by atoms with van der Waals surface area (Å²) in [5.41, 5.74) is 5.34. The van der Waals surface area contributed by atoms with Crippen LogP contribution in [0.1, 0.15) is 32.2 Å². The minimum atomic E-state index is 0.110. The van der Waals surface area contributed by atoms with Gasteiger partial charge in [0.05, 0.1) is 0 Å². The maximum absolute atomic E-state index is 2.41. The van der Waals surface area contributed by atoms with Gasteiger partial charge >= 0.3 is 0 Å². The van der Waals surface area contributed by atoms with Crippen molar-refractivity contribution in [3.8, 4) is 11.1 Å². The Morgan fingerprint density at radius 2 is 1.44 bits per heavy atom. The quantitative estimate of drug-likeness (QED) is 0.663. The molecule has 0 atom stereocenters. The highest BCUT2D eigenvalue weighted by Crippen LogP contribution is 2.23. The predicted molar refractivity (Wildman–Crippen MR) is 76.5 cm³/mol. The molecule has 0 aliphatic rings. The predicted octanol–water partition coefficient (Wildman–Crippen LogP) is 4.01. The van der Waals surface area contributed by atoms with Crippen LogP contribution in [-0.4, -0.2) is 0 Å². The summed E-state index contributed by atoms with van der Waals surface area (Å²) in [6, 6.07) is 15.0. The number of rotatable bonds is 1. The van der Waals surface area contributed by atoms with Crippen LogP contribution in [0, 0.1) is 13.8 Å². The third-order valence-electron chi connectivity index (χ3n) is 3.32. The molecule has 1 heteroatoms. The fourth-order valence-corrected chi connectivity index (χ4v) is 2.74. The summed E-state index contributed by atoms with van der Waals surface area (Å²) in [4.78, 5) is 0. The Morgan fingerprint density at radius 1 is 0.833 bits per heavy atom. The van der Waals surface area contributed by atoms with Gasteiger partial charge in [0.2, 0.25) is 0 Å². The Bertz CT molecular complexity index is 548. The smallest absolute Gasteiger partial charge is 0.186 e. The highest BCUT2D eigenvalue weighted by molar-refractivity contribution is 5.64. The van der Waals surface area contributed by atoms with Crippen LogP contribution in [0.3, 0.4) is 0 Å². The molecule has 0 amide bonds. The Balaban J connectivity index is 2.66. The normalized spacial score (nSPS) is 11.6. The number of aromatic nitrogens is 1. The van der Waals surface area contributed by atoms with Crippen molar-refractivity contribution in [1.29, 1.82) is 0 Å². The van der Waals surface area contributed by atoms with Crippen molar-refractivity contribution in [1.82, 2.24) is 0 Å². The van der Waals surface area contributed by atoms with Crippen LogP contribution in [-0.2, 0) is 5.54 Å². The zero-order valence-electron chi connectivity index (χ0n) is 12.0. The first-order valence-corrected chi connectivity index (χ1v) is 6.49. The topological polar surface area (TPSA) is 3.88 Å². The molecule has 1 aromatic heterocycles. The van der Waals surface area contributed by atoms with E-state index in [0.29, 0.717) is 0 Å². The van der Waals surface area contributed by atoms with Gasteiger partial charge in [-0.2, -0.15) is 4.57 Å². The molecular weight excluding hydrogens is 218 g/mol. The molecule has 2 aromatic rings. The van der Waals surface area contributed by atoms with Gasteiger partial charge in [-0.05, 0) is 11.6 Å². The highest BCUT2D eigenvalue weighted by Gasteiger charge is 2.28. The summed E-state index contributed by atoms with van der Waals surface area (Å²) in [5.74, 6) is 0. The van der Waals surface area contributed by atoms with Gasteiger partial charge in [-0.3, -0.25) is 0 Å². The van der Waals surface area contributed by atoms with E-state index in [2.05, 4.69) is 81.7 Å². The zero-order valence-corrected chi connectivity index (χ0v) is 12.0. The first-order chi connectivity index (χ1) is 8.41. The SMILES string of the molecule is Cc1ccc(-c2ccccc2)c(C)[n+]1C(C)(C)C. The largest absolute Gasteiger partial charge is 0.195 e. The summed E-state index contributed by atoms with van der Waals surface area (Å²) < 4.78 is 2.41. The first kappa shape index (κ1) is 12.8. The monoisotopic (exact) mass is 240 g/mol. The van der Waals surface area contributed by atoms with Crippen molar-refractivity contribution in [2.75, 3.05) is 0 Å². The second-order valence-corrected chi connectivity index (χ2v) is 5.85.